The predicted octanol–water partition coefficient (Wildman–Crippen LogP) is 7.11. The fraction of sp³-hybridized carbons (Fsp3) is 0.0500. The van der Waals surface area contributed by atoms with Crippen LogP contribution in [0.3, 0.4) is 0 Å². The molecule has 0 aromatic heterocycles. The number of hydrogen-bond donors (Lipinski definition) is 1. The van der Waals surface area contributed by atoms with Gasteiger partial charge in [-0.05, 0) is 48.0 Å². The van der Waals surface area contributed by atoms with E-state index in [1.54, 1.807) is 30.3 Å². The highest BCUT2D eigenvalue weighted by molar-refractivity contribution is 6.68. The van der Waals surface area contributed by atoms with Crippen LogP contribution in [0.5, 0.6) is 0 Å². The molecule has 0 radical (unpaired) electrons. The Kier molecular flexibility index (Phi) is 13.5. The van der Waals surface area contributed by atoms with Crippen molar-refractivity contribution < 1.29 is 9.90 Å². The van der Waals surface area contributed by atoms with Gasteiger partial charge in [0.25, 0.3) is 5.24 Å². The maximum atomic E-state index is 10.6. The zero-order valence-electron chi connectivity index (χ0n) is 15.2. The summed E-state index contributed by atoms with van der Waals surface area (Å²) in [6.45, 7) is 0. The first kappa shape index (κ1) is 28.1. The largest absolute Gasteiger partial charge is 0.505 e. The van der Waals surface area contributed by atoms with Crippen molar-refractivity contribution in [1.29, 1.82) is 21.0 Å². The van der Waals surface area contributed by atoms with Gasteiger partial charge in [-0.25, -0.2) is 0 Å². The van der Waals surface area contributed by atoms with Crippen molar-refractivity contribution in [2.45, 2.75) is 6.42 Å². The molecule has 0 unspecified atom stereocenters. The quantitative estimate of drug-likeness (QED) is 0.258. The Morgan fingerprint density at radius 1 is 0.806 bits per heavy atom. The van der Waals surface area contributed by atoms with Gasteiger partial charge in [0.05, 0.1) is 27.7 Å². The van der Waals surface area contributed by atoms with Crippen molar-refractivity contribution in [3.8, 4) is 24.3 Å². The number of aliphatic hydroxyl groups is 1. The van der Waals surface area contributed by atoms with E-state index in [0.717, 1.165) is 0 Å². The van der Waals surface area contributed by atoms with Crippen LogP contribution < -0.4 is 0 Å². The molecular formula is C20H9Cl5N4O2. The average molecular weight is 515 g/mol. The summed E-state index contributed by atoms with van der Waals surface area (Å²) in [5.74, 6) is -0.443. The number of halogens is 5. The fourth-order valence-corrected chi connectivity index (χ4v) is 2.84. The summed E-state index contributed by atoms with van der Waals surface area (Å²) >= 11 is 27.9. The van der Waals surface area contributed by atoms with Gasteiger partial charge >= 0.3 is 0 Å². The molecule has 2 rings (SSSR count). The lowest BCUT2D eigenvalue weighted by atomic mass is 10.1. The van der Waals surface area contributed by atoms with Gasteiger partial charge in [0, 0.05) is 15.6 Å². The molecule has 0 fully saturated rings. The minimum atomic E-state index is -0.577. The van der Waals surface area contributed by atoms with E-state index in [4.69, 9.17) is 79.1 Å². The second-order valence-corrected chi connectivity index (χ2v) is 6.99. The Balaban J connectivity index is 0.000000492. The zero-order valence-corrected chi connectivity index (χ0v) is 19.0. The van der Waals surface area contributed by atoms with Crippen molar-refractivity contribution >= 4 is 69.0 Å². The molecule has 156 valence electrons. The van der Waals surface area contributed by atoms with Gasteiger partial charge in [0.1, 0.15) is 18.6 Å². The summed E-state index contributed by atoms with van der Waals surface area (Å²) in [6.07, 6.45) is 0. The van der Waals surface area contributed by atoms with Crippen LogP contribution in [0.15, 0.2) is 42.0 Å². The summed E-state index contributed by atoms with van der Waals surface area (Å²) in [5.41, 5.74) is 0.0936. The van der Waals surface area contributed by atoms with E-state index in [-0.39, 0.29) is 33.2 Å². The maximum absolute atomic E-state index is 10.6. The number of rotatable bonds is 2. The van der Waals surface area contributed by atoms with Gasteiger partial charge in [-0.2, -0.15) is 21.0 Å². The molecular weight excluding hydrogens is 506 g/mol. The van der Waals surface area contributed by atoms with Gasteiger partial charge < -0.3 is 5.11 Å². The third kappa shape index (κ3) is 10.1. The molecule has 31 heavy (non-hydrogen) atoms. The zero-order chi connectivity index (χ0) is 24.0. The second-order valence-electron chi connectivity index (χ2n) is 4.96. The normalized spacial score (nSPS) is 8.42. The van der Waals surface area contributed by atoms with E-state index in [1.165, 1.54) is 30.3 Å². The molecule has 0 atom stereocenters. The summed E-state index contributed by atoms with van der Waals surface area (Å²) in [4.78, 5) is 10.6. The number of aliphatic hydroxyl groups excluding tert-OH is 1. The van der Waals surface area contributed by atoms with Crippen molar-refractivity contribution in [2.24, 2.45) is 0 Å². The molecule has 0 bridgehead atoms. The molecule has 0 aliphatic carbocycles. The topological polar surface area (TPSA) is 132 Å². The van der Waals surface area contributed by atoms with Crippen LogP contribution in [0, 0.1) is 45.3 Å². The molecule has 0 aliphatic rings. The number of nitriles is 4. The molecule has 0 aliphatic heterocycles. The second kappa shape index (κ2) is 15.0. The van der Waals surface area contributed by atoms with Crippen molar-refractivity contribution in [1.82, 2.24) is 0 Å². The highest BCUT2D eigenvalue weighted by Crippen LogP contribution is 2.27. The van der Waals surface area contributed by atoms with Crippen LogP contribution in [0.2, 0.25) is 20.1 Å². The van der Waals surface area contributed by atoms with E-state index in [1.807, 2.05) is 0 Å². The Hall–Kier alpha value is -2.94. The van der Waals surface area contributed by atoms with Crippen LogP contribution in [0.4, 0.5) is 0 Å². The number of allylic oxidation sites excluding steroid dienone is 1. The minimum absolute atomic E-state index is 0. The third-order valence-corrected chi connectivity index (χ3v) is 4.25. The van der Waals surface area contributed by atoms with E-state index in [9.17, 15) is 9.90 Å². The van der Waals surface area contributed by atoms with Crippen molar-refractivity contribution in [3.05, 3.63) is 73.2 Å². The number of hydrogen-bond acceptors (Lipinski definition) is 6. The Labute approximate surface area is 203 Å². The molecule has 2 aromatic carbocycles. The van der Waals surface area contributed by atoms with Crippen LogP contribution >= 0.6 is 58.0 Å². The van der Waals surface area contributed by atoms with Crippen molar-refractivity contribution in [2.75, 3.05) is 0 Å². The maximum Gasteiger partial charge on any atom is 0.253 e. The number of carbonyl (C=O) groups is 1. The van der Waals surface area contributed by atoms with Crippen LogP contribution in [-0.4, -0.2) is 10.3 Å². The summed E-state index contributed by atoms with van der Waals surface area (Å²) in [6, 6.07) is 15.3. The highest BCUT2D eigenvalue weighted by Gasteiger charge is 2.11. The lowest BCUT2D eigenvalue weighted by molar-refractivity contribution is 0.108. The van der Waals surface area contributed by atoms with Crippen LogP contribution in [0.25, 0.3) is 5.76 Å². The molecule has 0 saturated carbocycles. The lowest BCUT2D eigenvalue weighted by Gasteiger charge is -2.03. The number of benzene rings is 2. The monoisotopic (exact) mass is 512 g/mol. The Morgan fingerprint density at radius 2 is 1.23 bits per heavy atom. The fourth-order valence-electron chi connectivity index (χ4n) is 1.63. The van der Waals surface area contributed by atoms with Gasteiger partial charge in [0.15, 0.2) is 11.3 Å². The number of nitrogens with zero attached hydrogens (tertiary/aromatic N) is 4. The third-order valence-electron chi connectivity index (χ3n) is 2.95. The highest BCUT2D eigenvalue weighted by atomic mass is 35.5. The Bertz CT molecular complexity index is 1120. The van der Waals surface area contributed by atoms with E-state index in [2.05, 4.69) is 0 Å². The van der Waals surface area contributed by atoms with Gasteiger partial charge in [-0.1, -0.05) is 46.4 Å². The lowest BCUT2D eigenvalue weighted by Crippen LogP contribution is -1.89. The summed E-state index contributed by atoms with van der Waals surface area (Å²) < 4.78 is 0. The first-order chi connectivity index (χ1) is 14.6. The van der Waals surface area contributed by atoms with Crippen LogP contribution in [-0.2, 0) is 0 Å². The molecule has 11 heteroatoms. The van der Waals surface area contributed by atoms with E-state index < -0.39 is 11.0 Å². The van der Waals surface area contributed by atoms with Gasteiger partial charge in [-0.3, -0.25) is 4.79 Å². The SMILES string of the molecule is N#CC(C#N)=C(O)c1ccc(Cl)cc1Cl.N#CCC#N.O=C(Cl)c1ccc(Cl)cc1Cl. The molecule has 1 N–H and O–H groups in total. The molecule has 0 heterocycles. The summed E-state index contributed by atoms with van der Waals surface area (Å²) in [5, 5.41) is 42.6. The smallest absolute Gasteiger partial charge is 0.253 e. The van der Waals surface area contributed by atoms with E-state index >= 15 is 0 Å². The molecule has 0 saturated heterocycles. The first-order valence-corrected chi connectivity index (χ1v) is 9.59. The Morgan fingerprint density at radius 3 is 1.52 bits per heavy atom. The number of carbonyl (C=O) groups excluding carboxylic acids is 1. The molecule has 6 nitrogen and oxygen atoms in total. The van der Waals surface area contributed by atoms with Gasteiger partial charge in [-0.15, -0.1) is 0 Å². The molecule has 0 amide bonds. The average Bonchev–Trinajstić information content (AvgIpc) is 2.70. The predicted molar refractivity (Wildman–Crippen MR) is 120 cm³/mol. The summed E-state index contributed by atoms with van der Waals surface area (Å²) in [7, 11) is 0. The minimum Gasteiger partial charge on any atom is -0.505 e. The van der Waals surface area contributed by atoms with E-state index in [0.29, 0.717) is 10.0 Å². The van der Waals surface area contributed by atoms with Gasteiger partial charge in [0.2, 0.25) is 0 Å². The molecule has 2 aromatic rings. The standard InChI is InChI=1S/C10H4Cl2N2O.C7H3Cl3O.C3H2N2/c11-7-1-2-8(9(12)3-7)10(15)6(4-13)5-14;8-4-1-2-5(7(10)11)6(9)3-4;4-2-1-3-5/h1-3,15H;1-3H;1H2. The van der Waals surface area contributed by atoms with Crippen LogP contribution in [0.1, 0.15) is 22.3 Å². The van der Waals surface area contributed by atoms with Crippen molar-refractivity contribution in [3.63, 3.8) is 0 Å². The first-order valence-electron chi connectivity index (χ1n) is 7.70. The molecule has 0 spiro atoms.